The standard InChI is InChI=1S/C15H21ClN2O2/c1-12(19)18-8-2-7-17(9-10-18)11-15(20)13-3-5-14(16)6-4-13/h3-6,15,20H,2,7-11H2,1H3. The lowest BCUT2D eigenvalue weighted by atomic mass is 10.1. The Morgan fingerprint density at radius 2 is 1.95 bits per heavy atom. The highest BCUT2D eigenvalue weighted by atomic mass is 35.5. The molecule has 110 valence electrons. The molecule has 1 heterocycles. The van der Waals surface area contributed by atoms with E-state index >= 15 is 0 Å². The number of hydrogen-bond acceptors (Lipinski definition) is 3. The quantitative estimate of drug-likeness (QED) is 0.927. The van der Waals surface area contributed by atoms with E-state index in [0.717, 1.165) is 38.2 Å². The Hall–Kier alpha value is -1.10. The SMILES string of the molecule is CC(=O)N1CCCN(CC(O)c2ccc(Cl)cc2)CC1. The van der Waals surface area contributed by atoms with E-state index in [4.69, 9.17) is 11.6 Å². The highest BCUT2D eigenvalue weighted by molar-refractivity contribution is 6.30. The molecule has 1 atom stereocenters. The van der Waals surface area contributed by atoms with E-state index in [0.29, 0.717) is 11.6 Å². The third-order valence-corrected chi connectivity index (χ3v) is 3.97. The van der Waals surface area contributed by atoms with Crippen LogP contribution in [-0.4, -0.2) is 53.5 Å². The monoisotopic (exact) mass is 296 g/mol. The summed E-state index contributed by atoms with van der Waals surface area (Å²) in [5.74, 6) is 0.130. The van der Waals surface area contributed by atoms with Crippen molar-refractivity contribution in [2.75, 3.05) is 32.7 Å². The summed E-state index contributed by atoms with van der Waals surface area (Å²) < 4.78 is 0. The Labute approximate surface area is 124 Å². The summed E-state index contributed by atoms with van der Waals surface area (Å²) in [6, 6.07) is 7.29. The largest absolute Gasteiger partial charge is 0.387 e. The molecule has 0 aliphatic carbocycles. The molecule has 1 aromatic rings. The molecule has 0 radical (unpaired) electrons. The van der Waals surface area contributed by atoms with Crippen molar-refractivity contribution < 1.29 is 9.90 Å². The van der Waals surface area contributed by atoms with Crippen molar-refractivity contribution in [2.45, 2.75) is 19.4 Å². The molecule has 2 rings (SSSR count). The molecule has 1 aliphatic heterocycles. The van der Waals surface area contributed by atoms with Gasteiger partial charge in [0.05, 0.1) is 6.10 Å². The van der Waals surface area contributed by atoms with Crippen molar-refractivity contribution in [1.29, 1.82) is 0 Å². The average molecular weight is 297 g/mol. The maximum Gasteiger partial charge on any atom is 0.219 e. The zero-order chi connectivity index (χ0) is 14.5. The number of β-amino-alcohol motifs (C(OH)–C–C–N with tert-alkyl or cyclic N) is 1. The fourth-order valence-corrected chi connectivity index (χ4v) is 2.63. The van der Waals surface area contributed by atoms with Crippen LogP contribution in [0.15, 0.2) is 24.3 Å². The van der Waals surface area contributed by atoms with Crippen LogP contribution in [0.4, 0.5) is 0 Å². The average Bonchev–Trinajstić information content (AvgIpc) is 2.65. The van der Waals surface area contributed by atoms with Gasteiger partial charge in [-0.2, -0.15) is 0 Å². The van der Waals surface area contributed by atoms with Crippen LogP contribution >= 0.6 is 11.6 Å². The molecule has 20 heavy (non-hydrogen) atoms. The van der Waals surface area contributed by atoms with Gasteiger partial charge < -0.3 is 10.0 Å². The number of rotatable bonds is 3. The van der Waals surface area contributed by atoms with Gasteiger partial charge >= 0.3 is 0 Å². The highest BCUT2D eigenvalue weighted by Crippen LogP contribution is 2.18. The highest BCUT2D eigenvalue weighted by Gasteiger charge is 2.19. The van der Waals surface area contributed by atoms with Gasteiger partial charge in [0.15, 0.2) is 0 Å². The first-order chi connectivity index (χ1) is 9.56. The van der Waals surface area contributed by atoms with Crippen LogP contribution in [0.25, 0.3) is 0 Å². The lowest BCUT2D eigenvalue weighted by molar-refractivity contribution is -0.128. The van der Waals surface area contributed by atoms with Gasteiger partial charge in [-0.3, -0.25) is 9.69 Å². The number of carbonyl (C=O) groups is 1. The maximum atomic E-state index is 11.4. The number of aliphatic hydroxyl groups is 1. The van der Waals surface area contributed by atoms with Crippen LogP contribution in [0.2, 0.25) is 5.02 Å². The number of hydrogen-bond donors (Lipinski definition) is 1. The third kappa shape index (κ3) is 4.20. The van der Waals surface area contributed by atoms with Crippen LogP contribution in [0.1, 0.15) is 25.0 Å². The molecule has 4 nitrogen and oxygen atoms in total. The van der Waals surface area contributed by atoms with Gasteiger partial charge in [0.1, 0.15) is 0 Å². The Bertz CT molecular complexity index is 450. The summed E-state index contributed by atoms with van der Waals surface area (Å²) in [4.78, 5) is 15.5. The number of halogens is 1. The first-order valence-corrected chi connectivity index (χ1v) is 7.35. The summed E-state index contributed by atoms with van der Waals surface area (Å²) in [5.41, 5.74) is 0.877. The molecule has 0 spiro atoms. The van der Waals surface area contributed by atoms with E-state index in [1.54, 1.807) is 19.1 Å². The Balaban J connectivity index is 1.89. The molecule has 1 N–H and O–H groups in total. The van der Waals surface area contributed by atoms with Crippen LogP contribution in [-0.2, 0) is 4.79 Å². The molecule has 5 heteroatoms. The Morgan fingerprint density at radius 1 is 1.25 bits per heavy atom. The molecule has 0 bridgehead atoms. The van der Waals surface area contributed by atoms with Crippen LogP contribution in [0.5, 0.6) is 0 Å². The van der Waals surface area contributed by atoms with Gasteiger partial charge in [-0.05, 0) is 24.1 Å². The number of amides is 1. The van der Waals surface area contributed by atoms with E-state index in [1.165, 1.54) is 0 Å². The van der Waals surface area contributed by atoms with Crippen molar-refractivity contribution in [1.82, 2.24) is 9.80 Å². The number of carbonyl (C=O) groups excluding carboxylic acids is 1. The molecular formula is C15H21ClN2O2. The van der Waals surface area contributed by atoms with E-state index < -0.39 is 6.10 Å². The first-order valence-electron chi connectivity index (χ1n) is 6.97. The van der Waals surface area contributed by atoms with E-state index in [-0.39, 0.29) is 5.91 Å². The Kier molecular flexibility index (Phi) is 5.40. The molecule has 0 aromatic heterocycles. The van der Waals surface area contributed by atoms with Crippen molar-refractivity contribution in [3.05, 3.63) is 34.9 Å². The summed E-state index contributed by atoms with van der Waals surface area (Å²) in [7, 11) is 0. The van der Waals surface area contributed by atoms with Gasteiger partial charge in [-0.15, -0.1) is 0 Å². The summed E-state index contributed by atoms with van der Waals surface area (Å²) >= 11 is 5.85. The molecule has 0 saturated carbocycles. The van der Waals surface area contributed by atoms with E-state index in [2.05, 4.69) is 4.90 Å². The van der Waals surface area contributed by atoms with Crippen molar-refractivity contribution in [3.8, 4) is 0 Å². The van der Waals surface area contributed by atoms with Crippen LogP contribution in [0.3, 0.4) is 0 Å². The molecule has 1 amide bonds. The predicted octanol–water partition coefficient (Wildman–Crippen LogP) is 1.93. The van der Waals surface area contributed by atoms with E-state index in [9.17, 15) is 9.90 Å². The van der Waals surface area contributed by atoms with Gasteiger partial charge in [0.25, 0.3) is 0 Å². The topological polar surface area (TPSA) is 43.8 Å². The summed E-state index contributed by atoms with van der Waals surface area (Å²) in [5, 5.41) is 10.9. The third-order valence-electron chi connectivity index (χ3n) is 3.72. The number of aliphatic hydroxyl groups excluding tert-OH is 1. The zero-order valence-electron chi connectivity index (χ0n) is 11.8. The lowest BCUT2D eigenvalue weighted by Gasteiger charge is -2.23. The first kappa shape index (κ1) is 15.3. The smallest absolute Gasteiger partial charge is 0.219 e. The maximum absolute atomic E-state index is 11.4. The van der Waals surface area contributed by atoms with Gasteiger partial charge in [0, 0.05) is 44.7 Å². The second kappa shape index (κ2) is 7.07. The summed E-state index contributed by atoms with van der Waals surface area (Å²) in [6.07, 6.45) is 0.434. The minimum absolute atomic E-state index is 0.130. The minimum atomic E-state index is -0.517. The molecule has 1 unspecified atom stereocenters. The van der Waals surface area contributed by atoms with Crippen LogP contribution in [0, 0.1) is 0 Å². The second-order valence-corrected chi connectivity index (χ2v) is 5.66. The Morgan fingerprint density at radius 3 is 2.60 bits per heavy atom. The minimum Gasteiger partial charge on any atom is -0.387 e. The summed E-state index contributed by atoms with van der Waals surface area (Å²) in [6.45, 7) is 5.47. The molecule has 1 aromatic carbocycles. The second-order valence-electron chi connectivity index (χ2n) is 5.23. The predicted molar refractivity (Wildman–Crippen MR) is 79.7 cm³/mol. The molecule has 1 aliphatic rings. The number of nitrogens with zero attached hydrogens (tertiary/aromatic N) is 2. The zero-order valence-corrected chi connectivity index (χ0v) is 12.5. The van der Waals surface area contributed by atoms with Crippen molar-refractivity contribution in [2.24, 2.45) is 0 Å². The van der Waals surface area contributed by atoms with Crippen LogP contribution < -0.4 is 0 Å². The van der Waals surface area contributed by atoms with Crippen molar-refractivity contribution in [3.63, 3.8) is 0 Å². The molecule has 1 fully saturated rings. The van der Waals surface area contributed by atoms with Crippen molar-refractivity contribution >= 4 is 17.5 Å². The van der Waals surface area contributed by atoms with Gasteiger partial charge in [-0.25, -0.2) is 0 Å². The fraction of sp³-hybridized carbons (Fsp3) is 0.533. The molecular weight excluding hydrogens is 276 g/mol. The van der Waals surface area contributed by atoms with Gasteiger partial charge in [0.2, 0.25) is 5.91 Å². The lowest BCUT2D eigenvalue weighted by Crippen LogP contribution is -2.35. The van der Waals surface area contributed by atoms with Gasteiger partial charge in [-0.1, -0.05) is 23.7 Å². The molecule has 1 saturated heterocycles. The number of benzene rings is 1. The fourth-order valence-electron chi connectivity index (χ4n) is 2.50. The van der Waals surface area contributed by atoms with E-state index in [1.807, 2.05) is 17.0 Å². The normalized spacial score (nSPS) is 18.6.